The summed E-state index contributed by atoms with van der Waals surface area (Å²) >= 11 is 5.90. The maximum atomic E-state index is 11.3. The Morgan fingerprint density at radius 2 is 1.90 bits per heavy atom. The van der Waals surface area contributed by atoms with Gasteiger partial charge in [0.1, 0.15) is 0 Å². The minimum Gasteiger partial charge on any atom is -0.376 e. The molecule has 0 atom stereocenters. The summed E-state index contributed by atoms with van der Waals surface area (Å²) < 4.78 is 28.4. The molecule has 0 aliphatic carbocycles. The third-order valence-electron chi connectivity index (χ3n) is 3.54. The molecule has 0 unspecified atom stereocenters. The lowest BCUT2D eigenvalue weighted by Crippen LogP contribution is -2.32. The van der Waals surface area contributed by atoms with Crippen LogP contribution in [-0.2, 0) is 20.4 Å². The third-order valence-corrected chi connectivity index (χ3v) is 5.06. The smallest absolute Gasteiger partial charge is 0.233 e. The van der Waals surface area contributed by atoms with E-state index in [1.54, 1.807) is 6.07 Å². The number of hydrogen-bond acceptors (Lipinski definition) is 3. The number of hydrogen-bond donors (Lipinski definition) is 0. The lowest BCUT2D eigenvalue weighted by Gasteiger charge is -2.30. The number of halogens is 2. The van der Waals surface area contributed by atoms with Crippen LogP contribution in [0.3, 0.4) is 0 Å². The van der Waals surface area contributed by atoms with Gasteiger partial charge in [0.05, 0.1) is 19.0 Å². The molecule has 20 heavy (non-hydrogen) atoms. The zero-order valence-corrected chi connectivity index (χ0v) is 14.1. The van der Waals surface area contributed by atoms with E-state index >= 15 is 0 Å². The summed E-state index contributed by atoms with van der Waals surface area (Å²) in [6.45, 7) is 4.67. The van der Waals surface area contributed by atoms with Crippen molar-refractivity contribution in [2.75, 3.05) is 12.4 Å². The first-order valence-corrected chi connectivity index (χ1v) is 9.40. The molecule has 0 N–H and O–H groups in total. The Hall–Kier alpha value is -0.290. The summed E-state index contributed by atoms with van der Waals surface area (Å²) in [7, 11) is 1.85. The highest BCUT2D eigenvalue weighted by Crippen LogP contribution is 2.30. The van der Waals surface area contributed by atoms with Gasteiger partial charge >= 0.3 is 0 Å². The van der Waals surface area contributed by atoms with E-state index < -0.39 is 14.5 Å². The minimum atomic E-state index is -3.54. The molecular formula is C14H20Cl2O3S. The van der Waals surface area contributed by atoms with E-state index in [0.29, 0.717) is 31.1 Å². The van der Waals surface area contributed by atoms with Crippen molar-refractivity contribution in [1.82, 2.24) is 0 Å². The van der Waals surface area contributed by atoms with Crippen molar-refractivity contribution in [3.8, 4) is 0 Å². The molecule has 0 spiro atoms. The summed E-state index contributed by atoms with van der Waals surface area (Å²) in [5.41, 5.74) is 0.534. The second-order valence-electron chi connectivity index (χ2n) is 5.01. The van der Waals surface area contributed by atoms with Crippen LogP contribution in [0.25, 0.3) is 0 Å². The van der Waals surface area contributed by atoms with Crippen LogP contribution in [0.1, 0.15) is 32.3 Å². The van der Waals surface area contributed by atoms with Crippen LogP contribution in [0.4, 0.5) is 0 Å². The molecule has 0 saturated carbocycles. The van der Waals surface area contributed by atoms with E-state index in [4.69, 9.17) is 27.0 Å². The van der Waals surface area contributed by atoms with Crippen LogP contribution in [0, 0.1) is 5.41 Å². The topological polar surface area (TPSA) is 43.4 Å². The van der Waals surface area contributed by atoms with Crippen molar-refractivity contribution in [1.29, 1.82) is 0 Å². The quantitative estimate of drug-likeness (QED) is 0.666. The van der Waals surface area contributed by atoms with Gasteiger partial charge < -0.3 is 4.74 Å². The second kappa shape index (κ2) is 7.64. The van der Waals surface area contributed by atoms with E-state index in [1.165, 1.54) is 0 Å². The van der Waals surface area contributed by atoms with Gasteiger partial charge in [-0.3, -0.25) is 0 Å². The molecule has 1 rings (SSSR count). The standard InChI is InChI=1S/C14H20Cl2O3S/c1-3-14(4-2,11-20(16,17)18)10-19-9-12-6-5-7-13(15)8-12/h5-8H,3-4,9-11H2,1-2H3. The van der Waals surface area contributed by atoms with Gasteiger partial charge in [-0.05, 0) is 30.5 Å². The van der Waals surface area contributed by atoms with Crippen molar-refractivity contribution in [2.45, 2.75) is 33.3 Å². The normalized spacial score (nSPS) is 12.6. The molecule has 0 aromatic heterocycles. The Morgan fingerprint density at radius 3 is 2.40 bits per heavy atom. The fourth-order valence-electron chi connectivity index (χ4n) is 2.08. The molecule has 0 fully saturated rings. The van der Waals surface area contributed by atoms with Crippen LogP contribution in [0.5, 0.6) is 0 Å². The van der Waals surface area contributed by atoms with Crippen molar-refractivity contribution in [3.63, 3.8) is 0 Å². The summed E-state index contributed by atoms with van der Waals surface area (Å²) in [5, 5.41) is 0.659. The van der Waals surface area contributed by atoms with Crippen LogP contribution in [0.2, 0.25) is 5.02 Å². The summed E-state index contributed by atoms with van der Waals surface area (Å²) in [5.74, 6) is -0.0654. The van der Waals surface area contributed by atoms with Gasteiger partial charge in [-0.15, -0.1) is 0 Å². The Bertz CT molecular complexity index is 525. The third kappa shape index (κ3) is 6.00. The van der Waals surface area contributed by atoms with Gasteiger partial charge in [0, 0.05) is 21.1 Å². The zero-order chi connectivity index (χ0) is 15.2. The van der Waals surface area contributed by atoms with Gasteiger partial charge in [-0.25, -0.2) is 8.42 Å². The predicted molar refractivity (Wildman–Crippen MR) is 83.8 cm³/mol. The zero-order valence-electron chi connectivity index (χ0n) is 11.7. The fourth-order valence-corrected chi connectivity index (χ4v) is 4.21. The Morgan fingerprint density at radius 1 is 1.25 bits per heavy atom. The molecule has 0 radical (unpaired) electrons. The average molecular weight is 339 g/mol. The van der Waals surface area contributed by atoms with E-state index in [1.807, 2.05) is 32.0 Å². The van der Waals surface area contributed by atoms with Crippen LogP contribution < -0.4 is 0 Å². The first-order chi connectivity index (χ1) is 9.30. The Kier molecular flexibility index (Phi) is 6.79. The maximum Gasteiger partial charge on any atom is 0.233 e. The molecule has 6 heteroatoms. The van der Waals surface area contributed by atoms with Gasteiger partial charge in [0.25, 0.3) is 0 Å². The van der Waals surface area contributed by atoms with Crippen LogP contribution in [-0.4, -0.2) is 20.8 Å². The van der Waals surface area contributed by atoms with E-state index in [-0.39, 0.29) is 5.75 Å². The van der Waals surface area contributed by atoms with Gasteiger partial charge in [-0.1, -0.05) is 37.6 Å². The molecule has 114 valence electrons. The second-order valence-corrected chi connectivity index (χ2v) is 8.23. The largest absolute Gasteiger partial charge is 0.376 e. The molecule has 0 bridgehead atoms. The summed E-state index contributed by atoms with van der Waals surface area (Å²) in [4.78, 5) is 0. The first kappa shape index (κ1) is 17.8. The number of ether oxygens (including phenoxy) is 1. The first-order valence-electron chi connectivity index (χ1n) is 6.55. The van der Waals surface area contributed by atoms with Gasteiger partial charge in [0.2, 0.25) is 9.05 Å². The van der Waals surface area contributed by atoms with Gasteiger partial charge in [-0.2, -0.15) is 0 Å². The highest BCUT2D eigenvalue weighted by atomic mass is 35.7. The van der Waals surface area contributed by atoms with Crippen LogP contribution >= 0.6 is 22.3 Å². The van der Waals surface area contributed by atoms with Gasteiger partial charge in [0.15, 0.2) is 0 Å². The van der Waals surface area contributed by atoms with Crippen molar-refractivity contribution < 1.29 is 13.2 Å². The number of benzene rings is 1. The molecule has 0 aliphatic rings. The minimum absolute atomic E-state index is 0.0654. The molecular weight excluding hydrogens is 319 g/mol. The Labute approximate surface area is 130 Å². The lowest BCUT2D eigenvalue weighted by molar-refractivity contribution is 0.0399. The number of rotatable bonds is 8. The SMILES string of the molecule is CCC(CC)(COCc1cccc(Cl)c1)CS(=O)(=O)Cl. The monoisotopic (exact) mass is 338 g/mol. The fraction of sp³-hybridized carbons (Fsp3) is 0.571. The van der Waals surface area contributed by atoms with E-state index in [9.17, 15) is 8.42 Å². The lowest BCUT2D eigenvalue weighted by atomic mass is 9.85. The highest BCUT2D eigenvalue weighted by molar-refractivity contribution is 8.13. The molecule has 3 nitrogen and oxygen atoms in total. The molecule has 0 saturated heterocycles. The average Bonchev–Trinajstić information content (AvgIpc) is 2.36. The predicted octanol–water partition coefficient (Wildman–Crippen LogP) is 4.23. The van der Waals surface area contributed by atoms with Crippen molar-refractivity contribution >= 4 is 31.3 Å². The van der Waals surface area contributed by atoms with Crippen LogP contribution in [0.15, 0.2) is 24.3 Å². The molecule has 1 aromatic carbocycles. The molecule has 0 amide bonds. The molecule has 0 aliphatic heterocycles. The van der Waals surface area contributed by atoms with Crippen molar-refractivity contribution in [3.05, 3.63) is 34.9 Å². The Balaban J connectivity index is 2.63. The highest BCUT2D eigenvalue weighted by Gasteiger charge is 2.31. The summed E-state index contributed by atoms with van der Waals surface area (Å²) in [6, 6.07) is 7.41. The van der Waals surface area contributed by atoms with E-state index in [0.717, 1.165) is 5.56 Å². The summed E-state index contributed by atoms with van der Waals surface area (Å²) in [6.07, 6.45) is 1.40. The molecule has 1 aromatic rings. The maximum absolute atomic E-state index is 11.3. The van der Waals surface area contributed by atoms with E-state index in [2.05, 4.69) is 0 Å². The molecule has 0 heterocycles. The van der Waals surface area contributed by atoms with Crippen molar-refractivity contribution in [2.24, 2.45) is 5.41 Å².